The van der Waals surface area contributed by atoms with Crippen molar-refractivity contribution in [2.45, 2.75) is 32.2 Å². The van der Waals surface area contributed by atoms with Crippen LogP contribution in [0.4, 0.5) is 0 Å². The zero-order chi connectivity index (χ0) is 10.8. The molecule has 2 heteroatoms. The van der Waals surface area contributed by atoms with Crippen LogP contribution in [-0.2, 0) is 0 Å². The molecule has 2 N–H and O–H groups in total. The molecule has 0 radical (unpaired) electrons. The Labute approximate surface area is 91.4 Å². The lowest BCUT2D eigenvalue weighted by atomic mass is 10.1. The average molecular weight is 205 g/mol. The molecule has 0 heterocycles. The summed E-state index contributed by atoms with van der Waals surface area (Å²) in [5.41, 5.74) is 7.24. The van der Waals surface area contributed by atoms with E-state index in [-0.39, 0.29) is 0 Å². The van der Waals surface area contributed by atoms with Gasteiger partial charge in [-0.05, 0) is 43.7 Å². The van der Waals surface area contributed by atoms with Gasteiger partial charge in [0.2, 0.25) is 0 Å². The Morgan fingerprint density at radius 3 is 2.80 bits per heavy atom. The van der Waals surface area contributed by atoms with Gasteiger partial charge in [0.25, 0.3) is 0 Å². The first-order valence-electron chi connectivity index (χ1n) is 5.71. The second-order valence-corrected chi connectivity index (χ2v) is 4.34. The zero-order valence-electron chi connectivity index (χ0n) is 9.44. The van der Waals surface area contributed by atoms with Crippen LogP contribution < -0.4 is 10.5 Å². The van der Waals surface area contributed by atoms with Gasteiger partial charge in [-0.3, -0.25) is 0 Å². The van der Waals surface area contributed by atoms with E-state index in [1.807, 2.05) is 13.0 Å². The molecule has 2 rings (SSSR count). The van der Waals surface area contributed by atoms with Crippen LogP contribution in [-0.4, -0.2) is 12.6 Å². The number of benzene rings is 1. The van der Waals surface area contributed by atoms with Crippen molar-refractivity contribution in [2.75, 3.05) is 6.61 Å². The van der Waals surface area contributed by atoms with Crippen LogP contribution in [0.25, 0.3) is 0 Å². The second kappa shape index (κ2) is 4.23. The first kappa shape index (κ1) is 10.5. The summed E-state index contributed by atoms with van der Waals surface area (Å²) in [5.74, 6) is 2.30. The third kappa shape index (κ3) is 2.15. The van der Waals surface area contributed by atoms with E-state index < -0.39 is 0 Å². The fourth-order valence-corrected chi connectivity index (χ4v) is 2.23. The van der Waals surface area contributed by atoms with Gasteiger partial charge in [-0.15, -0.1) is 0 Å². The fourth-order valence-electron chi connectivity index (χ4n) is 2.23. The van der Waals surface area contributed by atoms with Gasteiger partial charge in [-0.25, -0.2) is 0 Å². The Morgan fingerprint density at radius 2 is 2.20 bits per heavy atom. The SMILES string of the molecule is CCOc1ccccc1[C@H]1C[C@H]1[C@@H](C)N. The minimum Gasteiger partial charge on any atom is -0.494 e. The highest BCUT2D eigenvalue weighted by Gasteiger charge is 2.42. The fraction of sp³-hybridized carbons (Fsp3) is 0.538. The van der Waals surface area contributed by atoms with Crippen molar-refractivity contribution in [3.05, 3.63) is 29.8 Å². The lowest BCUT2D eigenvalue weighted by molar-refractivity contribution is 0.336. The standard InChI is InChI=1S/C13H19NO/c1-3-15-13-7-5-4-6-10(13)12-8-11(12)9(2)14/h4-7,9,11-12H,3,8,14H2,1-2H3/t9-,11+,12-/m1/s1. The third-order valence-electron chi connectivity index (χ3n) is 3.13. The molecule has 0 bridgehead atoms. The van der Waals surface area contributed by atoms with Gasteiger partial charge in [0.05, 0.1) is 6.61 Å². The van der Waals surface area contributed by atoms with Gasteiger partial charge in [-0.1, -0.05) is 18.2 Å². The molecule has 1 aliphatic carbocycles. The molecule has 3 atom stereocenters. The van der Waals surface area contributed by atoms with Gasteiger partial charge < -0.3 is 10.5 Å². The Hall–Kier alpha value is -1.02. The average Bonchev–Trinajstić information content (AvgIpc) is 2.99. The Kier molecular flexibility index (Phi) is 2.96. The molecule has 1 saturated carbocycles. The van der Waals surface area contributed by atoms with Crippen molar-refractivity contribution in [2.24, 2.45) is 11.7 Å². The minimum atomic E-state index is 0.296. The number of para-hydroxylation sites is 1. The van der Waals surface area contributed by atoms with Gasteiger partial charge >= 0.3 is 0 Å². The molecule has 2 nitrogen and oxygen atoms in total. The number of ether oxygens (including phenoxy) is 1. The molecule has 1 fully saturated rings. The predicted molar refractivity (Wildman–Crippen MR) is 62.1 cm³/mol. The quantitative estimate of drug-likeness (QED) is 0.819. The summed E-state index contributed by atoms with van der Waals surface area (Å²) < 4.78 is 5.63. The largest absolute Gasteiger partial charge is 0.494 e. The second-order valence-electron chi connectivity index (χ2n) is 4.34. The molecule has 0 saturated heterocycles. The van der Waals surface area contributed by atoms with E-state index in [1.165, 1.54) is 12.0 Å². The topological polar surface area (TPSA) is 35.2 Å². The predicted octanol–water partition coefficient (Wildman–Crippen LogP) is 2.54. The van der Waals surface area contributed by atoms with E-state index in [0.29, 0.717) is 17.9 Å². The number of rotatable bonds is 4. The first-order valence-corrected chi connectivity index (χ1v) is 5.71. The third-order valence-corrected chi connectivity index (χ3v) is 3.13. The maximum absolute atomic E-state index is 5.91. The van der Waals surface area contributed by atoms with E-state index in [0.717, 1.165) is 12.4 Å². The summed E-state index contributed by atoms with van der Waals surface area (Å²) in [7, 11) is 0. The van der Waals surface area contributed by atoms with Gasteiger partial charge in [-0.2, -0.15) is 0 Å². The Bertz CT molecular complexity index is 335. The number of nitrogens with two attached hydrogens (primary N) is 1. The maximum atomic E-state index is 5.91. The zero-order valence-corrected chi connectivity index (χ0v) is 9.44. The molecule has 1 aromatic rings. The van der Waals surface area contributed by atoms with Gasteiger partial charge in [0.1, 0.15) is 5.75 Å². The van der Waals surface area contributed by atoms with E-state index in [9.17, 15) is 0 Å². The van der Waals surface area contributed by atoms with Crippen molar-refractivity contribution in [1.82, 2.24) is 0 Å². The molecular weight excluding hydrogens is 186 g/mol. The maximum Gasteiger partial charge on any atom is 0.122 e. The number of hydrogen-bond donors (Lipinski definition) is 1. The molecule has 1 aromatic carbocycles. The Morgan fingerprint density at radius 1 is 1.47 bits per heavy atom. The minimum absolute atomic E-state index is 0.296. The molecule has 0 aliphatic heterocycles. The lowest BCUT2D eigenvalue weighted by Gasteiger charge is -2.10. The van der Waals surface area contributed by atoms with E-state index in [4.69, 9.17) is 10.5 Å². The summed E-state index contributed by atoms with van der Waals surface area (Å²) in [6.45, 7) is 4.84. The highest BCUT2D eigenvalue weighted by Crippen LogP contribution is 2.51. The summed E-state index contributed by atoms with van der Waals surface area (Å²) >= 11 is 0. The van der Waals surface area contributed by atoms with Crippen LogP contribution in [0.5, 0.6) is 5.75 Å². The summed E-state index contributed by atoms with van der Waals surface area (Å²) in [6, 6.07) is 8.62. The molecule has 82 valence electrons. The smallest absolute Gasteiger partial charge is 0.122 e. The van der Waals surface area contributed by atoms with Crippen molar-refractivity contribution in [3.63, 3.8) is 0 Å². The van der Waals surface area contributed by atoms with E-state index in [1.54, 1.807) is 0 Å². The highest BCUT2D eigenvalue weighted by molar-refractivity contribution is 5.40. The lowest BCUT2D eigenvalue weighted by Crippen LogP contribution is -2.18. The molecule has 0 unspecified atom stereocenters. The summed E-state index contributed by atoms with van der Waals surface area (Å²) in [5, 5.41) is 0. The van der Waals surface area contributed by atoms with Crippen molar-refractivity contribution in [3.8, 4) is 5.75 Å². The van der Waals surface area contributed by atoms with E-state index in [2.05, 4.69) is 25.1 Å². The normalized spacial score (nSPS) is 26.1. The van der Waals surface area contributed by atoms with Crippen molar-refractivity contribution < 1.29 is 4.74 Å². The van der Waals surface area contributed by atoms with Crippen LogP contribution in [0.2, 0.25) is 0 Å². The van der Waals surface area contributed by atoms with Crippen molar-refractivity contribution >= 4 is 0 Å². The summed E-state index contributed by atoms with van der Waals surface area (Å²) in [4.78, 5) is 0. The van der Waals surface area contributed by atoms with Crippen LogP contribution in [0.3, 0.4) is 0 Å². The highest BCUT2D eigenvalue weighted by atomic mass is 16.5. The van der Waals surface area contributed by atoms with Crippen LogP contribution in [0.15, 0.2) is 24.3 Å². The van der Waals surface area contributed by atoms with Crippen LogP contribution in [0, 0.1) is 5.92 Å². The van der Waals surface area contributed by atoms with Gasteiger partial charge in [0, 0.05) is 6.04 Å². The molecule has 0 spiro atoms. The van der Waals surface area contributed by atoms with Crippen LogP contribution in [0.1, 0.15) is 31.7 Å². The number of hydrogen-bond acceptors (Lipinski definition) is 2. The van der Waals surface area contributed by atoms with Gasteiger partial charge in [0.15, 0.2) is 0 Å². The first-order chi connectivity index (χ1) is 7.24. The monoisotopic (exact) mass is 205 g/mol. The molecule has 0 aromatic heterocycles. The van der Waals surface area contributed by atoms with E-state index >= 15 is 0 Å². The summed E-state index contributed by atoms with van der Waals surface area (Å²) in [6.07, 6.45) is 1.21. The van der Waals surface area contributed by atoms with Crippen molar-refractivity contribution in [1.29, 1.82) is 0 Å². The Balaban J connectivity index is 2.15. The molecule has 15 heavy (non-hydrogen) atoms. The van der Waals surface area contributed by atoms with Crippen LogP contribution >= 0.6 is 0 Å². The molecule has 0 amide bonds. The molecular formula is C13H19NO. The molecule has 1 aliphatic rings.